The lowest BCUT2D eigenvalue weighted by molar-refractivity contribution is -0.140. The highest BCUT2D eigenvalue weighted by Crippen LogP contribution is 2.36. The zero-order valence-electron chi connectivity index (χ0n) is 13.8. The topological polar surface area (TPSA) is 85.0 Å². The number of hydrogen-bond acceptors (Lipinski definition) is 5. The van der Waals surface area contributed by atoms with Gasteiger partial charge in [-0.1, -0.05) is 30.3 Å². The molecule has 1 amide bonds. The van der Waals surface area contributed by atoms with Gasteiger partial charge in [-0.15, -0.1) is 0 Å². The number of esters is 1. The van der Waals surface area contributed by atoms with E-state index in [2.05, 4.69) is 5.10 Å². The molecule has 6 nitrogen and oxygen atoms in total. The molecule has 2 aromatic carbocycles. The summed E-state index contributed by atoms with van der Waals surface area (Å²) in [6.45, 7) is 0. The van der Waals surface area contributed by atoms with Gasteiger partial charge in [0.2, 0.25) is 5.91 Å². The number of primary amides is 1. The summed E-state index contributed by atoms with van der Waals surface area (Å²) >= 11 is 0. The Kier molecular flexibility index (Phi) is 4.85. The Morgan fingerprint density at radius 3 is 2.33 bits per heavy atom. The molecule has 140 valence electrons. The average molecular weight is 377 g/mol. The Morgan fingerprint density at radius 2 is 1.70 bits per heavy atom. The molecular formula is C18H14F3N3O3. The molecule has 0 saturated heterocycles. The fourth-order valence-electron chi connectivity index (χ4n) is 2.62. The van der Waals surface area contributed by atoms with Crippen molar-refractivity contribution in [2.24, 2.45) is 10.8 Å². The molecule has 0 spiro atoms. The van der Waals surface area contributed by atoms with E-state index >= 15 is 0 Å². The van der Waals surface area contributed by atoms with Crippen molar-refractivity contribution in [3.05, 3.63) is 60.2 Å². The van der Waals surface area contributed by atoms with E-state index in [0.717, 1.165) is 12.1 Å². The van der Waals surface area contributed by atoms with E-state index in [9.17, 15) is 22.8 Å². The van der Waals surface area contributed by atoms with Gasteiger partial charge in [-0.05, 0) is 24.3 Å². The third kappa shape index (κ3) is 3.91. The number of rotatable bonds is 4. The average Bonchev–Trinajstić information content (AvgIpc) is 3.08. The first-order chi connectivity index (χ1) is 12.8. The quantitative estimate of drug-likeness (QED) is 0.656. The molecule has 1 atom stereocenters. The monoisotopic (exact) mass is 377 g/mol. The molecule has 9 heteroatoms. The normalized spacial score (nSPS) is 16.8. The Morgan fingerprint density at radius 1 is 1.07 bits per heavy atom. The van der Waals surface area contributed by atoms with Crippen molar-refractivity contribution < 1.29 is 27.5 Å². The third-order valence-electron chi connectivity index (χ3n) is 3.89. The van der Waals surface area contributed by atoms with Crippen LogP contribution in [-0.4, -0.2) is 23.6 Å². The molecule has 1 unspecified atom stereocenters. The number of nitrogens with zero attached hydrogens (tertiary/aromatic N) is 2. The van der Waals surface area contributed by atoms with Crippen molar-refractivity contribution in [2.45, 2.75) is 18.6 Å². The Balaban J connectivity index is 1.87. The van der Waals surface area contributed by atoms with Crippen LogP contribution in [0.5, 0.6) is 5.75 Å². The SMILES string of the molecule is NC(=O)C1CC(C(=O)Oc2ccccc2C(F)(F)F)=NN1c1ccccc1. The number of halogens is 3. The van der Waals surface area contributed by atoms with Crippen LogP contribution >= 0.6 is 0 Å². The number of hydrogen-bond donors (Lipinski definition) is 1. The van der Waals surface area contributed by atoms with Gasteiger partial charge in [0.25, 0.3) is 0 Å². The van der Waals surface area contributed by atoms with E-state index in [-0.39, 0.29) is 12.1 Å². The number of carbonyl (C=O) groups excluding carboxylic acids is 2. The van der Waals surface area contributed by atoms with Gasteiger partial charge in [-0.3, -0.25) is 9.80 Å². The summed E-state index contributed by atoms with van der Waals surface area (Å²) in [6, 6.07) is 11.9. The molecule has 0 radical (unpaired) electrons. The molecule has 0 aliphatic carbocycles. The lowest BCUT2D eigenvalue weighted by Gasteiger charge is -2.20. The Hall–Kier alpha value is -3.36. The number of hydrazone groups is 1. The van der Waals surface area contributed by atoms with Crippen LogP contribution in [0.4, 0.5) is 18.9 Å². The van der Waals surface area contributed by atoms with Crippen molar-refractivity contribution in [1.29, 1.82) is 0 Å². The first-order valence-electron chi connectivity index (χ1n) is 7.87. The van der Waals surface area contributed by atoms with Gasteiger partial charge < -0.3 is 10.5 Å². The van der Waals surface area contributed by atoms with Gasteiger partial charge in [0, 0.05) is 6.42 Å². The maximum Gasteiger partial charge on any atom is 0.419 e. The van der Waals surface area contributed by atoms with Crippen LogP contribution in [0.1, 0.15) is 12.0 Å². The molecule has 1 aliphatic rings. The molecule has 0 fully saturated rings. The second-order valence-corrected chi connectivity index (χ2v) is 5.73. The predicted octanol–water partition coefficient (Wildman–Crippen LogP) is 2.73. The van der Waals surface area contributed by atoms with Gasteiger partial charge >= 0.3 is 12.1 Å². The molecule has 2 N–H and O–H groups in total. The second kappa shape index (κ2) is 7.10. The van der Waals surface area contributed by atoms with Crippen LogP contribution in [0, 0.1) is 0 Å². The number of nitrogens with two attached hydrogens (primary N) is 1. The molecule has 2 aromatic rings. The number of amides is 1. The minimum Gasteiger partial charge on any atom is -0.421 e. The predicted molar refractivity (Wildman–Crippen MR) is 91.0 cm³/mol. The van der Waals surface area contributed by atoms with E-state index in [0.29, 0.717) is 5.69 Å². The molecular weight excluding hydrogens is 363 g/mol. The van der Waals surface area contributed by atoms with Crippen LogP contribution < -0.4 is 15.5 Å². The van der Waals surface area contributed by atoms with Crippen molar-refractivity contribution in [3.8, 4) is 5.75 Å². The van der Waals surface area contributed by atoms with Crippen LogP contribution in [-0.2, 0) is 15.8 Å². The van der Waals surface area contributed by atoms with Crippen molar-refractivity contribution in [3.63, 3.8) is 0 Å². The lowest BCUT2D eigenvalue weighted by Crippen LogP contribution is -2.39. The van der Waals surface area contributed by atoms with E-state index in [1.807, 2.05) is 0 Å². The molecule has 1 heterocycles. The summed E-state index contributed by atoms with van der Waals surface area (Å²) in [6.07, 6.45) is -4.85. The van der Waals surface area contributed by atoms with Crippen LogP contribution in [0.15, 0.2) is 59.7 Å². The summed E-state index contributed by atoms with van der Waals surface area (Å²) in [4.78, 5) is 24.0. The summed E-state index contributed by atoms with van der Waals surface area (Å²) in [5.41, 5.74) is 4.61. The van der Waals surface area contributed by atoms with Crippen molar-refractivity contribution >= 4 is 23.3 Å². The van der Waals surface area contributed by atoms with E-state index in [1.165, 1.54) is 17.1 Å². The Bertz CT molecular complexity index is 897. The van der Waals surface area contributed by atoms with E-state index in [1.54, 1.807) is 30.3 Å². The summed E-state index contributed by atoms with van der Waals surface area (Å²) in [5.74, 6) is -2.43. The first kappa shape index (κ1) is 18.4. The molecule has 27 heavy (non-hydrogen) atoms. The number of alkyl halides is 3. The van der Waals surface area contributed by atoms with Gasteiger partial charge in [-0.2, -0.15) is 18.3 Å². The van der Waals surface area contributed by atoms with Crippen molar-refractivity contribution in [2.75, 3.05) is 5.01 Å². The molecule has 3 rings (SSSR count). The highest BCUT2D eigenvalue weighted by Gasteiger charge is 2.38. The zero-order chi connectivity index (χ0) is 19.6. The maximum absolute atomic E-state index is 13.0. The summed E-state index contributed by atoms with van der Waals surface area (Å²) in [5, 5.41) is 5.30. The largest absolute Gasteiger partial charge is 0.421 e. The highest BCUT2D eigenvalue weighted by molar-refractivity contribution is 6.38. The van der Waals surface area contributed by atoms with E-state index in [4.69, 9.17) is 10.5 Å². The smallest absolute Gasteiger partial charge is 0.419 e. The highest BCUT2D eigenvalue weighted by atomic mass is 19.4. The summed E-state index contributed by atoms with van der Waals surface area (Å²) < 4.78 is 44.0. The van der Waals surface area contributed by atoms with Gasteiger partial charge in [0.05, 0.1) is 11.3 Å². The molecule has 1 aliphatic heterocycles. The minimum atomic E-state index is -4.68. The number of carbonyl (C=O) groups is 2. The van der Waals surface area contributed by atoms with Crippen LogP contribution in [0.2, 0.25) is 0 Å². The molecule has 0 aromatic heterocycles. The first-order valence-corrected chi connectivity index (χ1v) is 7.87. The number of ether oxygens (including phenoxy) is 1. The van der Waals surface area contributed by atoms with E-state index < -0.39 is 35.4 Å². The van der Waals surface area contributed by atoms with Crippen molar-refractivity contribution in [1.82, 2.24) is 0 Å². The fraction of sp³-hybridized carbons (Fsp3) is 0.167. The minimum absolute atomic E-state index is 0.169. The van der Waals surface area contributed by atoms with Crippen LogP contribution in [0.25, 0.3) is 0 Å². The van der Waals surface area contributed by atoms with Gasteiger partial charge in [0.15, 0.2) is 0 Å². The third-order valence-corrected chi connectivity index (χ3v) is 3.89. The number of benzene rings is 2. The standard InChI is InChI=1S/C18H14F3N3O3/c19-18(20,21)12-8-4-5-9-15(12)27-17(26)13-10-14(16(22)25)24(23-13)11-6-2-1-3-7-11/h1-9,14H,10H2,(H2,22,25). The number of para-hydroxylation sites is 2. The molecule has 0 bridgehead atoms. The van der Waals surface area contributed by atoms with Gasteiger partial charge in [0.1, 0.15) is 17.5 Å². The lowest BCUT2D eigenvalue weighted by atomic mass is 10.1. The molecule has 0 saturated carbocycles. The zero-order valence-corrected chi connectivity index (χ0v) is 13.8. The summed E-state index contributed by atoms with van der Waals surface area (Å²) in [7, 11) is 0. The van der Waals surface area contributed by atoms with Crippen LogP contribution in [0.3, 0.4) is 0 Å². The second-order valence-electron chi connectivity index (χ2n) is 5.73. The Labute approximate surface area is 152 Å². The van der Waals surface area contributed by atoms with Gasteiger partial charge in [-0.25, -0.2) is 4.79 Å². The fourth-order valence-corrected chi connectivity index (χ4v) is 2.62. The maximum atomic E-state index is 13.0. The number of anilines is 1.